The van der Waals surface area contributed by atoms with E-state index in [0.29, 0.717) is 0 Å². The predicted octanol–water partition coefficient (Wildman–Crippen LogP) is 8.42. The van der Waals surface area contributed by atoms with E-state index in [1.165, 1.54) is 65.9 Å². The summed E-state index contributed by atoms with van der Waals surface area (Å²) in [4.78, 5) is 2.33. The van der Waals surface area contributed by atoms with Crippen LogP contribution in [-0.2, 0) is 15.9 Å². The zero-order valence-corrected chi connectivity index (χ0v) is 20.8. The number of aryl methyl sites for hydroxylation is 3. The van der Waals surface area contributed by atoms with Crippen LogP contribution in [0.4, 0.5) is 17.1 Å². The van der Waals surface area contributed by atoms with E-state index in [4.69, 9.17) is 9.47 Å². The molecule has 0 radical (unpaired) electrons. The summed E-state index contributed by atoms with van der Waals surface area (Å²) in [6.45, 7) is 5.95. The predicted molar refractivity (Wildman–Crippen MR) is 142 cm³/mol. The quantitative estimate of drug-likeness (QED) is 0.270. The Hall–Kier alpha value is -2.62. The van der Waals surface area contributed by atoms with Crippen LogP contribution in [0.2, 0.25) is 0 Å². The molecule has 1 unspecified atom stereocenters. The maximum atomic E-state index is 5.84. The fourth-order valence-electron chi connectivity index (χ4n) is 4.49. The second kappa shape index (κ2) is 12.7. The molecule has 1 atom stereocenters. The molecule has 1 aliphatic heterocycles. The molecule has 0 N–H and O–H groups in total. The van der Waals surface area contributed by atoms with E-state index in [0.717, 1.165) is 32.5 Å². The second-order valence-corrected chi connectivity index (χ2v) is 9.50. The Kier molecular flexibility index (Phi) is 9.18. The topological polar surface area (TPSA) is 21.7 Å². The Balaban J connectivity index is 1.28. The number of hydrogen-bond acceptors (Lipinski definition) is 3. The molecule has 0 aromatic heterocycles. The molecule has 1 heterocycles. The SMILES string of the molecule is Cc1ccc(N(c2ccc(C)cc2)c2ccc(CCCCCCOC3CCCCO3)cc2)cc1. The monoisotopic (exact) mass is 457 g/mol. The van der Waals surface area contributed by atoms with Crippen molar-refractivity contribution in [3.8, 4) is 0 Å². The standard InChI is InChI=1S/C31H39NO2/c1-25-11-17-28(18-12-25)32(29-19-13-26(2)14-20-29)30-21-15-27(16-22-30)9-5-3-4-7-23-33-31-10-6-8-24-34-31/h11-22,31H,3-10,23-24H2,1-2H3. The van der Waals surface area contributed by atoms with Crippen LogP contribution in [0.25, 0.3) is 0 Å². The summed E-state index contributed by atoms with van der Waals surface area (Å²) >= 11 is 0. The van der Waals surface area contributed by atoms with Crippen molar-refractivity contribution in [1.29, 1.82) is 0 Å². The molecule has 0 amide bonds. The third-order valence-electron chi connectivity index (χ3n) is 6.58. The minimum absolute atomic E-state index is 0.0478. The average molecular weight is 458 g/mol. The first-order chi connectivity index (χ1) is 16.7. The minimum Gasteiger partial charge on any atom is -0.353 e. The summed E-state index contributed by atoms with van der Waals surface area (Å²) in [7, 11) is 0. The number of benzene rings is 3. The number of unbranched alkanes of at least 4 members (excludes halogenated alkanes) is 3. The van der Waals surface area contributed by atoms with Crippen molar-refractivity contribution in [3.05, 3.63) is 89.5 Å². The van der Waals surface area contributed by atoms with Gasteiger partial charge in [-0.15, -0.1) is 0 Å². The van der Waals surface area contributed by atoms with Gasteiger partial charge < -0.3 is 14.4 Å². The second-order valence-electron chi connectivity index (χ2n) is 9.50. The molecule has 1 fully saturated rings. The molecule has 1 saturated heterocycles. The lowest BCUT2D eigenvalue weighted by molar-refractivity contribution is -0.162. The van der Waals surface area contributed by atoms with E-state index in [1.54, 1.807) is 0 Å². The van der Waals surface area contributed by atoms with Gasteiger partial charge in [0.05, 0.1) is 0 Å². The van der Waals surface area contributed by atoms with Gasteiger partial charge in [0.25, 0.3) is 0 Å². The smallest absolute Gasteiger partial charge is 0.157 e. The first-order valence-corrected chi connectivity index (χ1v) is 12.9. The Morgan fingerprint density at radius 2 is 1.26 bits per heavy atom. The largest absolute Gasteiger partial charge is 0.353 e. The molecular formula is C31H39NO2. The van der Waals surface area contributed by atoms with Gasteiger partial charge >= 0.3 is 0 Å². The molecule has 3 nitrogen and oxygen atoms in total. The van der Waals surface area contributed by atoms with Crippen molar-refractivity contribution >= 4 is 17.1 Å². The number of ether oxygens (including phenoxy) is 2. The molecular weight excluding hydrogens is 418 g/mol. The fraction of sp³-hybridized carbons (Fsp3) is 0.419. The summed E-state index contributed by atoms with van der Waals surface area (Å²) in [6, 6.07) is 26.6. The highest BCUT2D eigenvalue weighted by atomic mass is 16.7. The molecule has 0 bridgehead atoms. The van der Waals surface area contributed by atoms with Gasteiger partial charge in [0.1, 0.15) is 0 Å². The lowest BCUT2D eigenvalue weighted by Crippen LogP contribution is -2.22. The van der Waals surface area contributed by atoms with Gasteiger partial charge in [-0.2, -0.15) is 0 Å². The normalized spacial score (nSPS) is 15.9. The highest BCUT2D eigenvalue weighted by Crippen LogP contribution is 2.34. The van der Waals surface area contributed by atoms with Gasteiger partial charge in [-0.05, 0) is 94.3 Å². The van der Waals surface area contributed by atoms with Crippen molar-refractivity contribution in [3.63, 3.8) is 0 Å². The third kappa shape index (κ3) is 7.19. The van der Waals surface area contributed by atoms with Gasteiger partial charge in [0.2, 0.25) is 0 Å². The van der Waals surface area contributed by atoms with E-state index in [-0.39, 0.29) is 6.29 Å². The van der Waals surface area contributed by atoms with E-state index in [9.17, 15) is 0 Å². The zero-order valence-electron chi connectivity index (χ0n) is 20.8. The Labute approximate surface area is 205 Å². The fourth-order valence-corrected chi connectivity index (χ4v) is 4.49. The van der Waals surface area contributed by atoms with Crippen molar-refractivity contribution in [1.82, 2.24) is 0 Å². The lowest BCUT2D eigenvalue weighted by atomic mass is 10.0. The molecule has 1 aliphatic rings. The van der Waals surface area contributed by atoms with Crippen LogP contribution in [-0.4, -0.2) is 19.5 Å². The molecule has 0 spiro atoms. The van der Waals surface area contributed by atoms with Crippen LogP contribution in [0.3, 0.4) is 0 Å². The van der Waals surface area contributed by atoms with Crippen LogP contribution in [0.15, 0.2) is 72.8 Å². The van der Waals surface area contributed by atoms with Crippen LogP contribution in [0, 0.1) is 13.8 Å². The summed E-state index contributed by atoms with van der Waals surface area (Å²) in [6.07, 6.45) is 9.46. The maximum Gasteiger partial charge on any atom is 0.157 e. The highest BCUT2D eigenvalue weighted by Gasteiger charge is 2.14. The Morgan fingerprint density at radius 3 is 1.82 bits per heavy atom. The summed E-state index contributed by atoms with van der Waals surface area (Å²) in [5.74, 6) is 0. The molecule has 3 aromatic rings. The first kappa shape index (κ1) is 24.5. The number of rotatable bonds is 11. The highest BCUT2D eigenvalue weighted by molar-refractivity contribution is 5.76. The average Bonchev–Trinajstić information content (AvgIpc) is 2.87. The summed E-state index contributed by atoms with van der Waals surface area (Å²) in [5.41, 5.74) is 7.52. The molecule has 34 heavy (non-hydrogen) atoms. The van der Waals surface area contributed by atoms with Crippen LogP contribution in [0.1, 0.15) is 61.6 Å². The van der Waals surface area contributed by atoms with Gasteiger partial charge in [0.15, 0.2) is 6.29 Å². The minimum atomic E-state index is 0.0478. The van der Waals surface area contributed by atoms with Gasteiger partial charge in [-0.1, -0.05) is 60.4 Å². The lowest BCUT2D eigenvalue weighted by Gasteiger charge is -2.26. The van der Waals surface area contributed by atoms with Gasteiger partial charge in [-0.3, -0.25) is 0 Å². The van der Waals surface area contributed by atoms with Crippen molar-refractivity contribution in [2.45, 2.75) is 71.5 Å². The molecule has 3 aromatic carbocycles. The van der Waals surface area contributed by atoms with Crippen molar-refractivity contribution in [2.75, 3.05) is 18.1 Å². The third-order valence-corrected chi connectivity index (χ3v) is 6.58. The van der Waals surface area contributed by atoms with E-state index < -0.39 is 0 Å². The Morgan fingerprint density at radius 1 is 0.706 bits per heavy atom. The van der Waals surface area contributed by atoms with E-state index in [2.05, 4.69) is 91.5 Å². The maximum absolute atomic E-state index is 5.84. The molecule has 0 saturated carbocycles. The van der Waals surface area contributed by atoms with Gasteiger partial charge in [-0.25, -0.2) is 0 Å². The Bertz CT molecular complexity index is 928. The number of hydrogen-bond donors (Lipinski definition) is 0. The van der Waals surface area contributed by atoms with Crippen molar-refractivity contribution in [2.24, 2.45) is 0 Å². The number of nitrogens with zero attached hydrogens (tertiary/aromatic N) is 1. The summed E-state index contributed by atoms with van der Waals surface area (Å²) in [5, 5.41) is 0. The van der Waals surface area contributed by atoms with Gasteiger partial charge in [0, 0.05) is 30.3 Å². The molecule has 3 heteroatoms. The molecule has 0 aliphatic carbocycles. The van der Waals surface area contributed by atoms with Crippen molar-refractivity contribution < 1.29 is 9.47 Å². The van der Waals surface area contributed by atoms with E-state index in [1.807, 2.05) is 0 Å². The van der Waals surface area contributed by atoms with E-state index >= 15 is 0 Å². The molecule has 180 valence electrons. The number of anilines is 3. The van der Waals surface area contributed by atoms with Crippen LogP contribution >= 0.6 is 0 Å². The van der Waals surface area contributed by atoms with Crippen LogP contribution in [0.5, 0.6) is 0 Å². The van der Waals surface area contributed by atoms with Crippen LogP contribution < -0.4 is 4.90 Å². The summed E-state index contributed by atoms with van der Waals surface area (Å²) < 4.78 is 11.5. The molecule has 4 rings (SSSR count). The first-order valence-electron chi connectivity index (χ1n) is 12.9. The zero-order chi connectivity index (χ0) is 23.6.